The first-order valence-electron chi connectivity index (χ1n) is 8.65. The molecule has 1 saturated heterocycles. The summed E-state index contributed by atoms with van der Waals surface area (Å²) in [5.74, 6) is 0.439. The van der Waals surface area contributed by atoms with Gasteiger partial charge in [-0.05, 0) is 51.2 Å². The smallest absolute Gasteiger partial charge is 0.410 e. The molecule has 1 aromatic carbocycles. The summed E-state index contributed by atoms with van der Waals surface area (Å²) in [5, 5.41) is 1.03. The number of aromatic nitrogens is 1. The van der Waals surface area contributed by atoms with Crippen LogP contribution in [0, 0.1) is 0 Å². The van der Waals surface area contributed by atoms with Crippen LogP contribution in [0.25, 0.3) is 10.2 Å². The third-order valence-corrected chi connectivity index (χ3v) is 5.38. The van der Waals surface area contributed by atoms with E-state index in [0.717, 1.165) is 29.9 Å². The van der Waals surface area contributed by atoms with Crippen LogP contribution in [0.4, 0.5) is 4.79 Å². The largest absolute Gasteiger partial charge is 0.444 e. The van der Waals surface area contributed by atoms with Crippen LogP contribution in [0.15, 0.2) is 18.2 Å². The molecular formula is C19H26N2O2S. The SMILES string of the molecule is CC(C)c1cccc2sc(C3CCCN3C(=O)OC(C)(C)C)nc12. The van der Waals surface area contributed by atoms with Gasteiger partial charge in [-0.3, -0.25) is 4.90 Å². The van der Waals surface area contributed by atoms with E-state index in [1.807, 2.05) is 25.7 Å². The summed E-state index contributed by atoms with van der Waals surface area (Å²) in [6.45, 7) is 10.8. The normalized spacial score (nSPS) is 18.6. The van der Waals surface area contributed by atoms with Crippen molar-refractivity contribution in [3.05, 3.63) is 28.8 Å². The molecule has 2 heterocycles. The maximum atomic E-state index is 12.5. The third-order valence-electron chi connectivity index (χ3n) is 4.25. The molecule has 1 atom stereocenters. The van der Waals surface area contributed by atoms with Crippen molar-refractivity contribution in [3.63, 3.8) is 0 Å². The van der Waals surface area contributed by atoms with Crippen LogP contribution in [-0.2, 0) is 4.74 Å². The van der Waals surface area contributed by atoms with Crippen LogP contribution in [0.1, 0.15) is 70.0 Å². The molecule has 0 N–H and O–H groups in total. The standard InChI is InChI=1S/C19H26N2O2S/c1-12(2)13-8-6-10-15-16(13)20-17(24-15)14-9-7-11-21(14)18(22)23-19(3,4)5/h6,8,10,12,14H,7,9,11H2,1-5H3. The van der Waals surface area contributed by atoms with E-state index in [2.05, 4.69) is 32.0 Å². The predicted molar refractivity (Wildman–Crippen MR) is 98.6 cm³/mol. The van der Waals surface area contributed by atoms with Gasteiger partial charge in [-0.2, -0.15) is 0 Å². The zero-order valence-corrected chi connectivity index (χ0v) is 15.9. The second-order valence-corrected chi connectivity index (χ2v) is 8.79. The number of amides is 1. The molecule has 2 aromatic rings. The molecular weight excluding hydrogens is 320 g/mol. The number of carbonyl (C=O) groups excluding carboxylic acids is 1. The summed E-state index contributed by atoms with van der Waals surface area (Å²) >= 11 is 1.70. The molecule has 24 heavy (non-hydrogen) atoms. The van der Waals surface area contributed by atoms with Crippen LogP contribution < -0.4 is 0 Å². The monoisotopic (exact) mass is 346 g/mol. The van der Waals surface area contributed by atoms with Gasteiger partial charge in [-0.15, -0.1) is 11.3 Å². The molecule has 1 aromatic heterocycles. The first-order valence-corrected chi connectivity index (χ1v) is 9.47. The summed E-state index contributed by atoms with van der Waals surface area (Å²) in [6.07, 6.45) is 1.72. The summed E-state index contributed by atoms with van der Waals surface area (Å²) in [6, 6.07) is 6.41. The van der Waals surface area contributed by atoms with E-state index in [1.165, 1.54) is 10.3 Å². The van der Waals surface area contributed by atoms with Crippen LogP contribution in [0.2, 0.25) is 0 Å². The molecule has 0 spiro atoms. The molecule has 3 rings (SSSR count). The van der Waals surface area contributed by atoms with E-state index >= 15 is 0 Å². The average Bonchev–Trinajstić information content (AvgIpc) is 3.10. The molecule has 1 amide bonds. The van der Waals surface area contributed by atoms with E-state index in [-0.39, 0.29) is 12.1 Å². The van der Waals surface area contributed by atoms with Gasteiger partial charge < -0.3 is 4.74 Å². The average molecular weight is 346 g/mol. The lowest BCUT2D eigenvalue weighted by Gasteiger charge is -2.27. The van der Waals surface area contributed by atoms with Gasteiger partial charge in [-0.25, -0.2) is 9.78 Å². The van der Waals surface area contributed by atoms with Crippen molar-refractivity contribution in [2.75, 3.05) is 6.54 Å². The third kappa shape index (κ3) is 3.41. The Morgan fingerprint density at radius 3 is 2.79 bits per heavy atom. The molecule has 5 heteroatoms. The Morgan fingerprint density at radius 1 is 1.38 bits per heavy atom. The zero-order chi connectivity index (χ0) is 17.5. The molecule has 1 fully saturated rings. The van der Waals surface area contributed by atoms with Gasteiger partial charge in [0.05, 0.1) is 16.3 Å². The molecule has 4 nitrogen and oxygen atoms in total. The van der Waals surface area contributed by atoms with Gasteiger partial charge in [0.2, 0.25) is 0 Å². The molecule has 1 aliphatic rings. The molecule has 1 aliphatic heterocycles. The number of nitrogens with zero attached hydrogens (tertiary/aromatic N) is 2. The summed E-state index contributed by atoms with van der Waals surface area (Å²) in [7, 11) is 0. The number of hydrogen-bond acceptors (Lipinski definition) is 4. The van der Waals surface area contributed by atoms with Gasteiger partial charge in [0.15, 0.2) is 0 Å². The topological polar surface area (TPSA) is 42.4 Å². The Hall–Kier alpha value is -1.62. The van der Waals surface area contributed by atoms with Crippen molar-refractivity contribution in [1.29, 1.82) is 0 Å². The number of carbonyl (C=O) groups is 1. The highest BCUT2D eigenvalue weighted by atomic mass is 32.1. The van der Waals surface area contributed by atoms with E-state index in [0.29, 0.717) is 5.92 Å². The highest BCUT2D eigenvalue weighted by molar-refractivity contribution is 7.18. The minimum absolute atomic E-state index is 0.0391. The second kappa shape index (κ2) is 6.36. The maximum Gasteiger partial charge on any atom is 0.410 e. The van der Waals surface area contributed by atoms with E-state index in [1.54, 1.807) is 11.3 Å². The van der Waals surface area contributed by atoms with Crippen molar-refractivity contribution in [2.24, 2.45) is 0 Å². The van der Waals surface area contributed by atoms with Crippen LogP contribution in [-0.4, -0.2) is 28.1 Å². The molecule has 0 bridgehead atoms. The molecule has 0 aliphatic carbocycles. The predicted octanol–water partition coefficient (Wildman–Crippen LogP) is 5.49. The number of rotatable bonds is 2. The second-order valence-electron chi connectivity index (χ2n) is 7.73. The summed E-state index contributed by atoms with van der Waals surface area (Å²) < 4.78 is 6.77. The fraction of sp³-hybridized carbons (Fsp3) is 0.579. The fourth-order valence-electron chi connectivity index (χ4n) is 3.16. The Balaban J connectivity index is 1.91. The lowest BCUT2D eigenvalue weighted by Crippen LogP contribution is -2.36. The Bertz CT molecular complexity index is 745. The van der Waals surface area contributed by atoms with Gasteiger partial charge in [0.1, 0.15) is 10.6 Å². The van der Waals surface area contributed by atoms with Crippen LogP contribution in [0.3, 0.4) is 0 Å². The fourth-order valence-corrected chi connectivity index (χ4v) is 4.31. The highest BCUT2D eigenvalue weighted by Gasteiger charge is 2.35. The van der Waals surface area contributed by atoms with E-state index < -0.39 is 5.60 Å². The van der Waals surface area contributed by atoms with Crippen LogP contribution in [0.5, 0.6) is 0 Å². The van der Waals surface area contributed by atoms with Crippen molar-refractivity contribution >= 4 is 27.6 Å². The number of fused-ring (bicyclic) bond motifs is 1. The molecule has 130 valence electrons. The number of likely N-dealkylation sites (tertiary alicyclic amines) is 1. The van der Waals surface area contributed by atoms with Crippen molar-refractivity contribution < 1.29 is 9.53 Å². The number of para-hydroxylation sites is 1. The highest BCUT2D eigenvalue weighted by Crippen LogP contribution is 2.38. The molecule has 1 unspecified atom stereocenters. The van der Waals surface area contributed by atoms with Crippen LogP contribution >= 0.6 is 11.3 Å². The zero-order valence-electron chi connectivity index (χ0n) is 15.1. The molecule has 0 radical (unpaired) electrons. The van der Waals surface area contributed by atoms with E-state index in [9.17, 15) is 4.79 Å². The van der Waals surface area contributed by atoms with Gasteiger partial charge in [0, 0.05) is 6.54 Å². The Morgan fingerprint density at radius 2 is 2.12 bits per heavy atom. The van der Waals surface area contributed by atoms with Gasteiger partial charge >= 0.3 is 6.09 Å². The summed E-state index contributed by atoms with van der Waals surface area (Å²) in [5.41, 5.74) is 1.89. The maximum absolute atomic E-state index is 12.5. The van der Waals surface area contributed by atoms with Gasteiger partial charge in [0.25, 0.3) is 0 Å². The van der Waals surface area contributed by atoms with Gasteiger partial charge in [-0.1, -0.05) is 26.0 Å². The lowest BCUT2D eigenvalue weighted by atomic mass is 10.0. The lowest BCUT2D eigenvalue weighted by molar-refractivity contribution is 0.0224. The molecule has 0 saturated carbocycles. The van der Waals surface area contributed by atoms with Crippen molar-refractivity contribution in [3.8, 4) is 0 Å². The minimum Gasteiger partial charge on any atom is -0.444 e. The number of thiazole rings is 1. The first-order chi connectivity index (χ1) is 11.3. The van der Waals surface area contributed by atoms with Crippen molar-refractivity contribution in [2.45, 2.75) is 65.0 Å². The van der Waals surface area contributed by atoms with E-state index in [4.69, 9.17) is 9.72 Å². The number of benzene rings is 1. The quantitative estimate of drug-likeness (QED) is 0.722. The Kier molecular flexibility index (Phi) is 4.56. The minimum atomic E-state index is -0.470. The summed E-state index contributed by atoms with van der Waals surface area (Å²) in [4.78, 5) is 19.3. The van der Waals surface area contributed by atoms with Crippen molar-refractivity contribution in [1.82, 2.24) is 9.88 Å². The number of hydrogen-bond donors (Lipinski definition) is 0. The Labute approximate surface area is 147 Å². The number of ether oxygens (including phenoxy) is 1. The first kappa shape index (κ1) is 17.2.